The molecule has 0 unspecified atom stereocenters. The lowest BCUT2D eigenvalue weighted by atomic mass is 9.78. The fraction of sp³-hybridized carbons (Fsp3) is 0.333. The van der Waals surface area contributed by atoms with Crippen molar-refractivity contribution in [2.24, 2.45) is 5.92 Å². The Bertz CT molecular complexity index is 938. The Kier molecular flexibility index (Phi) is 4.63. The summed E-state index contributed by atoms with van der Waals surface area (Å²) in [4.78, 5) is 17.9. The molecule has 138 valence electrons. The molecule has 1 aliphatic heterocycles. The number of nitrogens with zero attached hydrogens (tertiary/aromatic N) is 2. The molecule has 1 aromatic carbocycles. The molecule has 2 aromatic rings. The summed E-state index contributed by atoms with van der Waals surface area (Å²) in [6, 6.07) is 7.32. The third-order valence-electron chi connectivity index (χ3n) is 5.25. The van der Waals surface area contributed by atoms with E-state index in [4.69, 9.17) is 5.11 Å². The van der Waals surface area contributed by atoms with Gasteiger partial charge >= 0.3 is 5.97 Å². The molecule has 0 radical (unpaired) electrons. The minimum Gasteiger partial charge on any atom is -0.481 e. The molecule has 0 spiro atoms. The van der Waals surface area contributed by atoms with Crippen molar-refractivity contribution < 1.29 is 18.7 Å². The monoisotopic (exact) mass is 368 g/mol. The predicted octanol–water partition coefficient (Wildman–Crippen LogP) is 2.98. The van der Waals surface area contributed by atoms with Crippen LogP contribution < -0.4 is 0 Å². The summed E-state index contributed by atoms with van der Waals surface area (Å²) in [6.07, 6.45) is 2.21. The van der Waals surface area contributed by atoms with Gasteiger partial charge in [0.2, 0.25) is 0 Å². The van der Waals surface area contributed by atoms with Gasteiger partial charge in [-0.3, -0.25) is 9.69 Å². The Hall–Kier alpha value is -2.78. The molecule has 1 aliphatic carbocycles. The summed E-state index contributed by atoms with van der Waals surface area (Å²) in [5.74, 6) is 3.40. The van der Waals surface area contributed by atoms with Crippen molar-refractivity contribution in [2.45, 2.75) is 31.8 Å². The van der Waals surface area contributed by atoms with Crippen LogP contribution in [-0.4, -0.2) is 33.5 Å². The molecule has 4 rings (SSSR count). The first-order valence-corrected chi connectivity index (χ1v) is 8.92. The number of carboxylic acids is 1. The van der Waals surface area contributed by atoms with Crippen LogP contribution in [0.25, 0.3) is 0 Å². The first kappa shape index (κ1) is 17.6. The Morgan fingerprint density at radius 3 is 2.59 bits per heavy atom. The number of fused-ring (bicyclic) bond motifs is 1. The van der Waals surface area contributed by atoms with Crippen LogP contribution in [0.1, 0.15) is 35.4 Å². The molecule has 1 aromatic heterocycles. The van der Waals surface area contributed by atoms with Crippen molar-refractivity contribution in [1.82, 2.24) is 9.88 Å². The van der Waals surface area contributed by atoms with Crippen LogP contribution in [0, 0.1) is 29.4 Å². The van der Waals surface area contributed by atoms with Crippen molar-refractivity contribution >= 4 is 5.97 Å². The van der Waals surface area contributed by atoms with Crippen LogP contribution in [-0.2, 0) is 17.8 Å². The van der Waals surface area contributed by atoms with Gasteiger partial charge in [0.15, 0.2) is 0 Å². The zero-order valence-corrected chi connectivity index (χ0v) is 14.6. The second kappa shape index (κ2) is 7.09. The second-order valence-corrected chi connectivity index (χ2v) is 7.09. The third kappa shape index (κ3) is 3.83. The maximum Gasteiger partial charge on any atom is 0.306 e. The van der Waals surface area contributed by atoms with Crippen molar-refractivity contribution in [3.8, 4) is 11.8 Å². The molecule has 0 bridgehead atoms. The van der Waals surface area contributed by atoms with Crippen LogP contribution in [0.3, 0.4) is 0 Å². The Labute approximate surface area is 155 Å². The molecule has 2 heterocycles. The van der Waals surface area contributed by atoms with E-state index in [1.165, 1.54) is 12.1 Å². The zero-order valence-electron chi connectivity index (χ0n) is 14.6. The number of aliphatic carboxylic acids is 1. The fourth-order valence-electron chi connectivity index (χ4n) is 3.67. The molecular formula is C21H18F2N2O2. The number of hydrogen-bond acceptors (Lipinski definition) is 3. The van der Waals surface area contributed by atoms with E-state index in [0.717, 1.165) is 36.8 Å². The normalized spacial score (nSPS) is 21.6. The van der Waals surface area contributed by atoms with E-state index in [0.29, 0.717) is 24.6 Å². The van der Waals surface area contributed by atoms with Gasteiger partial charge in [0.1, 0.15) is 17.3 Å². The van der Waals surface area contributed by atoms with Crippen molar-refractivity contribution in [3.63, 3.8) is 0 Å². The summed E-state index contributed by atoms with van der Waals surface area (Å²) >= 11 is 0. The number of halogens is 2. The molecule has 27 heavy (non-hydrogen) atoms. The quantitative estimate of drug-likeness (QED) is 0.828. The van der Waals surface area contributed by atoms with E-state index in [-0.39, 0.29) is 11.5 Å². The van der Waals surface area contributed by atoms with E-state index in [1.807, 2.05) is 12.1 Å². The maximum absolute atomic E-state index is 13.2. The van der Waals surface area contributed by atoms with Gasteiger partial charge in [-0.05, 0) is 42.5 Å². The first-order valence-electron chi connectivity index (χ1n) is 8.92. The number of benzene rings is 1. The highest BCUT2D eigenvalue weighted by atomic mass is 19.1. The fourth-order valence-corrected chi connectivity index (χ4v) is 3.67. The summed E-state index contributed by atoms with van der Waals surface area (Å²) in [5, 5.41) is 9.02. The lowest BCUT2D eigenvalue weighted by Gasteiger charge is -2.43. The Morgan fingerprint density at radius 2 is 1.89 bits per heavy atom. The summed E-state index contributed by atoms with van der Waals surface area (Å²) in [7, 11) is 0. The average Bonchev–Trinajstić information content (AvgIpc) is 2.57. The summed E-state index contributed by atoms with van der Waals surface area (Å²) < 4.78 is 26.4. The summed E-state index contributed by atoms with van der Waals surface area (Å²) in [6.45, 7) is 1.62. The lowest BCUT2D eigenvalue weighted by Crippen LogP contribution is -2.48. The maximum atomic E-state index is 13.2. The van der Waals surface area contributed by atoms with Crippen LogP contribution in [0.15, 0.2) is 30.3 Å². The van der Waals surface area contributed by atoms with Crippen LogP contribution in [0.5, 0.6) is 0 Å². The van der Waals surface area contributed by atoms with Crippen LogP contribution in [0.2, 0.25) is 0 Å². The standard InChI is InChI=1S/C21H18F2N2O2/c22-16-7-13(8-17(23)11-16)1-3-18-4-2-14-12-25(6-5-20(14)24-18)19-9-15(10-19)21(26)27/h2,4,7-8,11,15,19H,5-6,9-10,12H2,(H,26,27). The Balaban J connectivity index is 1.45. The second-order valence-electron chi connectivity index (χ2n) is 7.09. The number of rotatable bonds is 2. The number of carboxylic acid groups (broad SMARTS) is 1. The molecule has 0 atom stereocenters. The van der Waals surface area contributed by atoms with E-state index in [1.54, 1.807) is 0 Å². The van der Waals surface area contributed by atoms with Crippen LogP contribution >= 0.6 is 0 Å². The molecule has 0 saturated heterocycles. The lowest BCUT2D eigenvalue weighted by molar-refractivity contribution is -0.147. The van der Waals surface area contributed by atoms with Gasteiger partial charge in [-0.15, -0.1) is 0 Å². The minimum atomic E-state index is -0.702. The number of pyridine rings is 1. The third-order valence-corrected chi connectivity index (χ3v) is 5.25. The summed E-state index contributed by atoms with van der Waals surface area (Å²) in [5.41, 5.74) is 2.96. The van der Waals surface area contributed by atoms with Crippen molar-refractivity contribution in [1.29, 1.82) is 0 Å². The average molecular weight is 368 g/mol. The van der Waals surface area contributed by atoms with Gasteiger partial charge in [0, 0.05) is 42.9 Å². The van der Waals surface area contributed by atoms with E-state index < -0.39 is 17.6 Å². The molecule has 0 amide bonds. The van der Waals surface area contributed by atoms with Gasteiger partial charge in [0.25, 0.3) is 0 Å². The number of carbonyl (C=O) groups is 1. The van der Waals surface area contributed by atoms with E-state index in [2.05, 4.69) is 21.7 Å². The first-order chi connectivity index (χ1) is 13.0. The highest BCUT2D eigenvalue weighted by Gasteiger charge is 2.38. The smallest absolute Gasteiger partial charge is 0.306 e. The highest BCUT2D eigenvalue weighted by Crippen LogP contribution is 2.34. The van der Waals surface area contributed by atoms with Crippen molar-refractivity contribution in [2.75, 3.05) is 6.54 Å². The van der Waals surface area contributed by atoms with E-state index in [9.17, 15) is 13.6 Å². The van der Waals surface area contributed by atoms with Gasteiger partial charge in [-0.25, -0.2) is 13.8 Å². The topological polar surface area (TPSA) is 53.4 Å². The minimum absolute atomic E-state index is 0.208. The molecule has 1 saturated carbocycles. The molecule has 1 N–H and O–H groups in total. The highest BCUT2D eigenvalue weighted by molar-refractivity contribution is 5.71. The zero-order chi connectivity index (χ0) is 19.0. The molecular weight excluding hydrogens is 350 g/mol. The van der Waals surface area contributed by atoms with E-state index >= 15 is 0 Å². The van der Waals surface area contributed by atoms with Crippen LogP contribution in [0.4, 0.5) is 8.78 Å². The van der Waals surface area contributed by atoms with Gasteiger partial charge in [-0.1, -0.05) is 12.0 Å². The van der Waals surface area contributed by atoms with Gasteiger partial charge in [-0.2, -0.15) is 0 Å². The Morgan fingerprint density at radius 1 is 1.15 bits per heavy atom. The number of aromatic nitrogens is 1. The SMILES string of the molecule is O=C(O)C1CC(N2CCc3nc(C#Cc4cc(F)cc(F)c4)ccc3C2)C1. The largest absolute Gasteiger partial charge is 0.481 e. The molecule has 4 nitrogen and oxygen atoms in total. The predicted molar refractivity (Wildman–Crippen MR) is 94.8 cm³/mol. The van der Waals surface area contributed by atoms with Gasteiger partial charge < -0.3 is 5.11 Å². The molecule has 2 aliphatic rings. The van der Waals surface area contributed by atoms with Gasteiger partial charge in [0.05, 0.1) is 5.92 Å². The van der Waals surface area contributed by atoms with Crippen molar-refractivity contribution in [3.05, 3.63) is 64.5 Å². The molecule has 1 fully saturated rings. The molecule has 6 heteroatoms. The number of hydrogen-bond donors (Lipinski definition) is 1.